The van der Waals surface area contributed by atoms with E-state index < -0.39 is 0 Å². The first-order chi connectivity index (χ1) is 15.1. The second-order valence-electron chi connectivity index (χ2n) is 7.34. The summed E-state index contributed by atoms with van der Waals surface area (Å²) in [6.07, 6.45) is 4.12. The van der Waals surface area contributed by atoms with Gasteiger partial charge in [-0.25, -0.2) is 0 Å². The van der Waals surface area contributed by atoms with Crippen molar-refractivity contribution in [3.63, 3.8) is 0 Å². The number of aromatic amines is 1. The van der Waals surface area contributed by atoms with Crippen LogP contribution in [0.25, 0.3) is 21.5 Å². The summed E-state index contributed by atoms with van der Waals surface area (Å²) in [6.45, 7) is 0.568. The number of halogens is 1. The quantitative estimate of drug-likeness (QED) is 0.410. The van der Waals surface area contributed by atoms with E-state index in [2.05, 4.69) is 25.7 Å². The van der Waals surface area contributed by atoms with Gasteiger partial charge in [0.25, 0.3) is 0 Å². The van der Waals surface area contributed by atoms with Crippen LogP contribution < -0.4 is 10.2 Å². The molecule has 2 aromatic carbocycles. The number of nitrogens with zero attached hydrogens (tertiary/aromatic N) is 4. The van der Waals surface area contributed by atoms with Crippen LogP contribution in [-0.4, -0.2) is 38.0 Å². The standard InChI is InChI=1S/C21H19ClN6O2S/c22-19-15-10-23-25-16(15)4-5-17(19)24-21-27-26-20(31-21)13-7-12(11-29)8-14(9-13)28-6-2-1-3-18(28)30/h4-5,7-10,29H,1-3,6,11H2,(H,23,25)(H,24,27). The van der Waals surface area contributed by atoms with Crippen LogP contribution >= 0.6 is 22.9 Å². The molecular weight excluding hydrogens is 436 g/mol. The third-order valence-electron chi connectivity index (χ3n) is 5.27. The number of anilines is 3. The predicted octanol–water partition coefficient (Wildman–Crippen LogP) is 4.49. The molecule has 2 aromatic heterocycles. The van der Waals surface area contributed by atoms with Gasteiger partial charge in [0.05, 0.1) is 29.0 Å². The first-order valence-electron chi connectivity index (χ1n) is 9.90. The zero-order valence-electron chi connectivity index (χ0n) is 16.4. The number of nitrogens with one attached hydrogen (secondary N) is 2. The van der Waals surface area contributed by atoms with Gasteiger partial charge < -0.3 is 15.3 Å². The highest BCUT2D eigenvalue weighted by atomic mass is 35.5. The summed E-state index contributed by atoms with van der Waals surface area (Å²) < 4.78 is 0. The molecule has 1 fully saturated rings. The van der Waals surface area contributed by atoms with Gasteiger partial charge in [-0.2, -0.15) is 5.10 Å². The topological polar surface area (TPSA) is 107 Å². The fourth-order valence-corrected chi connectivity index (χ4v) is 4.71. The molecule has 0 aliphatic carbocycles. The van der Waals surface area contributed by atoms with Gasteiger partial charge in [0.15, 0.2) is 0 Å². The molecule has 8 nitrogen and oxygen atoms in total. The maximum Gasteiger partial charge on any atom is 0.226 e. The maximum absolute atomic E-state index is 12.4. The van der Waals surface area contributed by atoms with Crippen LogP contribution in [0.2, 0.25) is 5.02 Å². The molecular formula is C21H19ClN6O2S. The molecule has 31 heavy (non-hydrogen) atoms. The van der Waals surface area contributed by atoms with Crippen molar-refractivity contribution in [3.05, 3.63) is 47.1 Å². The Labute approximate surface area is 186 Å². The average molecular weight is 455 g/mol. The van der Waals surface area contributed by atoms with Crippen LogP contribution in [-0.2, 0) is 11.4 Å². The molecule has 1 saturated heterocycles. The molecule has 0 unspecified atom stereocenters. The summed E-state index contributed by atoms with van der Waals surface area (Å²) in [4.78, 5) is 14.1. The number of rotatable bonds is 5. The summed E-state index contributed by atoms with van der Waals surface area (Å²) in [7, 11) is 0. The smallest absolute Gasteiger partial charge is 0.226 e. The zero-order valence-corrected chi connectivity index (χ0v) is 18.0. The van der Waals surface area contributed by atoms with Crippen molar-refractivity contribution >= 4 is 56.3 Å². The van der Waals surface area contributed by atoms with E-state index in [9.17, 15) is 9.90 Å². The highest BCUT2D eigenvalue weighted by Crippen LogP contribution is 2.36. The lowest BCUT2D eigenvalue weighted by molar-refractivity contribution is -0.119. The molecule has 3 heterocycles. The van der Waals surface area contributed by atoms with Gasteiger partial charge in [0.1, 0.15) is 5.01 Å². The molecule has 0 saturated carbocycles. The number of aliphatic hydroxyl groups is 1. The first kappa shape index (κ1) is 19.9. The highest BCUT2D eigenvalue weighted by Gasteiger charge is 2.21. The van der Waals surface area contributed by atoms with Gasteiger partial charge in [-0.1, -0.05) is 22.9 Å². The van der Waals surface area contributed by atoms with Crippen LogP contribution in [0.5, 0.6) is 0 Å². The normalized spacial score (nSPS) is 14.4. The van der Waals surface area contributed by atoms with Gasteiger partial charge in [-0.3, -0.25) is 9.89 Å². The van der Waals surface area contributed by atoms with Crippen molar-refractivity contribution in [2.45, 2.75) is 25.9 Å². The maximum atomic E-state index is 12.4. The number of amides is 1. The molecule has 158 valence electrons. The third kappa shape index (κ3) is 3.87. The van der Waals surface area contributed by atoms with E-state index in [1.165, 1.54) is 11.3 Å². The van der Waals surface area contributed by atoms with Crippen LogP contribution in [0.3, 0.4) is 0 Å². The van der Waals surface area contributed by atoms with Crippen molar-refractivity contribution in [1.82, 2.24) is 20.4 Å². The van der Waals surface area contributed by atoms with E-state index in [1.54, 1.807) is 11.1 Å². The van der Waals surface area contributed by atoms with Crippen molar-refractivity contribution in [2.24, 2.45) is 0 Å². The summed E-state index contributed by atoms with van der Waals surface area (Å²) in [5, 5.41) is 31.0. The molecule has 1 amide bonds. The fraction of sp³-hybridized carbons (Fsp3) is 0.238. The predicted molar refractivity (Wildman–Crippen MR) is 122 cm³/mol. The first-order valence-corrected chi connectivity index (χ1v) is 11.1. The Morgan fingerprint density at radius 3 is 2.97 bits per heavy atom. The van der Waals surface area contributed by atoms with E-state index >= 15 is 0 Å². The molecule has 1 aliphatic rings. The summed E-state index contributed by atoms with van der Waals surface area (Å²) in [5.74, 6) is 0.108. The molecule has 0 atom stereocenters. The molecule has 0 radical (unpaired) electrons. The Morgan fingerprint density at radius 2 is 2.13 bits per heavy atom. The van der Waals surface area contributed by atoms with E-state index in [4.69, 9.17) is 11.6 Å². The largest absolute Gasteiger partial charge is 0.392 e. The average Bonchev–Trinajstić information content (AvgIpc) is 3.46. The van der Waals surface area contributed by atoms with Gasteiger partial charge in [-0.05, 0) is 48.7 Å². The number of carbonyl (C=O) groups is 1. The Kier molecular flexibility index (Phi) is 5.31. The lowest BCUT2D eigenvalue weighted by atomic mass is 10.1. The van der Waals surface area contributed by atoms with Crippen molar-refractivity contribution in [3.8, 4) is 10.6 Å². The highest BCUT2D eigenvalue weighted by molar-refractivity contribution is 7.18. The van der Waals surface area contributed by atoms with Gasteiger partial charge in [-0.15, -0.1) is 10.2 Å². The van der Waals surface area contributed by atoms with Crippen molar-refractivity contribution < 1.29 is 9.90 Å². The third-order valence-corrected chi connectivity index (χ3v) is 6.56. The number of hydrogen-bond acceptors (Lipinski definition) is 7. The molecule has 0 spiro atoms. The Hall–Kier alpha value is -3.01. The number of benzene rings is 2. The van der Waals surface area contributed by atoms with Crippen LogP contribution in [0.15, 0.2) is 36.5 Å². The van der Waals surface area contributed by atoms with Crippen LogP contribution in [0, 0.1) is 0 Å². The number of piperidine rings is 1. The van der Waals surface area contributed by atoms with Crippen molar-refractivity contribution in [1.29, 1.82) is 0 Å². The summed E-state index contributed by atoms with van der Waals surface area (Å²) in [5.41, 5.74) is 3.88. The molecule has 4 aromatic rings. The minimum atomic E-state index is -0.118. The summed E-state index contributed by atoms with van der Waals surface area (Å²) in [6, 6.07) is 9.40. The molecule has 10 heteroatoms. The van der Waals surface area contributed by atoms with Crippen molar-refractivity contribution in [2.75, 3.05) is 16.8 Å². The lowest BCUT2D eigenvalue weighted by Crippen LogP contribution is -2.35. The molecule has 5 rings (SSSR count). The molecule has 0 bridgehead atoms. The Bertz CT molecular complexity index is 1270. The van der Waals surface area contributed by atoms with Gasteiger partial charge in [0, 0.05) is 29.6 Å². The van der Waals surface area contributed by atoms with Crippen LogP contribution in [0.4, 0.5) is 16.5 Å². The second kappa shape index (κ2) is 8.26. The van der Waals surface area contributed by atoms with E-state index in [0.29, 0.717) is 33.8 Å². The number of aliphatic hydroxyl groups excluding tert-OH is 1. The number of hydrogen-bond donors (Lipinski definition) is 3. The Morgan fingerprint density at radius 1 is 1.23 bits per heavy atom. The SMILES string of the molecule is O=C1CCCCN1c1cc(CO)cc(-c2nnc(Nc3ccc4[nH]ncc4c3Cl)s2)c1. The van der Waals surface area contributed by atoms with E-state index in [1.807, 2.05) is 30.3 Å². The van der Waals surface area contributed by atoms with E-state index in [0.717, 1.165) is 40.6 Å². The molecule has 1 aliphatic heterocycles. The van der Waals surface area contributed by atoms with Gasteiger partial charge in [0.2, 0.25) is 11.0 Å². The lowest BCUT2D eigenvalue weighted by Gasteiger charge is -2.27. The molecule has 3 N–H and O–H groups in total. The van der Waals surface area contributed by atoms with Gasteiger partial charge >= 0.3 is 0 Å². The number of aromatic nitrogens is 4. The fourth-order valence-electron chi connectivity index (χ4n) is 3.71. The zero-order chi connectivity index (χ0) is 21.4. The van der Waals surface area contributed by atoms with Crippen LogP contribution in [0.1, 0.15) is 24.8 Å². The van der Waals surface area contributed by atoms with E-state index in [-0.39, 0.29) is 12.5 Å². The monoisotopic (exact) mass is 454 g/mol. The number of H-pyrrole nitrogens is 1. The summed E-state index contributed by atoms with van der Waals surface area (Å²) >= 11 is 7.86. The second-order valence-corrected chi connectivity index (χ2v) is 8.70. The number of carbonyl (C=O) groups excluding carboxylic acids is 1. The minimum absolute atomic E-state index is 0.108. The number of fused-ring (bicyclic) bond motifs is 1. The Balaban J connectivity index is 1.45. The minimum Gasteiger partial charge on any atom is -0.392 e.